The highest BCUT2D eigenvalue weighted by Gasteiger charge is 2.32. The van der Waals surface area contributed by atoms with Crippen LogP contribution >= 0.6 is 0 Å². The van der Waals surface area contributed by atoms with E-state index in [2.05, 4.69) is 42.3 Å². The van der Waals surface area contributed by atoms with Gasteiger partial charge in [0, 0.05) is 44.4 Å². The summed E-state index contributed by atoms with van der Waals surface area (Å²) in [6.45, 7) is 9.79. The summed E-state index contributed by atoms with van der Waals surface area (Å²) in [6, 6.07) is 9.41. The number of benzene rings is 2. The Hall–Kier alpha value is -3.07. The number of hydrogen-bond acceptors (Lipinski definition) is 6. The molecule has 0 radical (unpaired) electrons. The number of hydrogen-bond donors (Lipinski definition) is 1. The van der Waals surface area contributed by atoms with E-state index in [-0.39, 0.29) is 29.7 Å². The number of aryl methyl sites for hydroxylation is 3. The van der Waals surface area contributed by atoms with Crippen LogP contribution in [0.3, 0.4) is 0 Å². The highest BCUT2D eigenvalue weighted by Crippen LogP contribution is 2.34. The molecule has 0 aromatic heterocycles. The third kappa shape index (κ3) is 4.75. The number of fused-ring (bicyclic) bond motifs is 1. The molecule has 0 unspecified atom stereocenters. The van der Waals surface area contributed by atoms with E-state index in [1.165, 1.54) is 22.9 Å². The van der Waals surface area contributed by atoms with Crippen molar-refractivity contribution in [1.82, 2.24) is 4.90 Å². The molecule has 2 aliphatic rings. The van der Waals surface area contributed by atoms with Gasteiger partial charge in [-0.05, 0) is 51.0 Å². The van der Waals surface area contributed by atoms with Gasteiger partial charge in [0.25, 0.3) is 5.91 Å². The van der Waals surface area contributed by atoms with Crippen molar-refractivity contribution in [2.24, 2.45) is 0 Å². The molecule has 0 spiro atoms. The summed E-state index contributed by atoms with van der Waals surface area (Å²) in [5, 5.41) is 1.80. The van der Waals surface area contributed by atoms with E-state index in [0.717, 1.165) is 0 Å². The van der Waals surface area contributed by atoms with Gasteiger partial charge in [-0.3, -0.25) is 9.59 Å². The molecule has 2 aromatic rings. The minimum Gasteiger partial charge on any atom is -0.482 e. The van der Waals surface area contributed by atoms with Crippen molar-refractivity contribution in [3.8, 4) is 5.75 Å². The molecular weight excluding hydrogens is 454 g/mol. The van der Waals surface area contributed by atoms with Crippen molar-refractivity contribution in [3.63, 3.8) is 0 Å². The Bertz CT molecular complexity index is 1230. The van der Waals surface area contributed by atoms with Crippen LogP contribution < -0.4 is 15.0 Å². The maximum absolute atomic E-state index is 13.3. The van der Waals surface area contributed by atoms with Gasteiger partial charge in [0.05, 0.1) is 15.8 Å². The maximum Gasteiger partial charge on any atom is 0.262 e. The molecule has 1 fully saturated rings. The molecule has 182 valence electrons. The number of carbonyl (C=O) groups is 2. The molecule has 1 saturated heterocycles. The summed E-state index contributed by atoms with van der Waals surface area (Å²) in [5.41, 5.74) is 4.57. The smallest absolute Gasteiger partial charge is 0.262 e. The average Bonchev–Trinajstić information content (AvgIpc) is 2.78. The second-order valence-electron chi connectivity index (χ2n) is 9.17. The molecular formula is C25H31N3O5S. The number of nitrogens with zero attached hydrogens (tertiary/aromatic N) is 2. The first-order valence-electron chi connectivity index (χ1n) is 11.5. The predicted octanol–water partition coefficient (Wildman–Crippen LogP) is 2.84. The van der Waals surface area contributed by atoms with Gasteiger partial charge in [0.15, 0.2) is 16.4 Å². The first kappa shape index (κ1) is 24.1. The zero-order chi connectivity index (χ0) is 24.6. The number of rotatable bonds is 5. The van der Waals surface area contributed by atoms with Crippen molar-refractivity contribution in [1.29, 1.82) is 0 Å². The minimum absolute atomic E-state index is 0.0833. The highest BCUT2D eigenvalue weighted by molar-refractivity contribution is 7.92. The molecule has 2 heterocycles. The summed E-state index contributed by atoms with van der Waals surface area (Å²) in [5.74, 6) is -0.112. The minimum atomic E-state index is -3.76. The van der Waals surface area contributed by atoms with Gasteiger partial charge in [-0.1, -0.05) is 17.7 Å². The number of amides is 2. The van der Waals surface area contributed by atoms with Crippen LogP contribution in [0.1, 0.15) is 30.0 Å². The van der Waals surface area contributed by atoms with E-state index in [1.807, 2.05) is 0 Å². The van der Waals surface area contributed by atoms with Gasteiger partial charge in [-0.15, -0.1) is 0 Å². The van der Waals surface area contributed by atoms with Crippen LogP contribution in [-0.4, -0.2) is 63.2 Å². The van der Waals surface area contributed by atoms with Crippen LogP contribution in [0, 0.1) is 20.8 Å². The Morgan fingerprint density at radius 1 is 1.06 bits per heavy atom. The predicted molar refractivity (Wildman–Crippen MR) is 131 cm³/mol. The fourth-order valence-corrected chi connectivity index (χ4v) is 6.16. The van der Waals surface area contributed by atoms with Crippen LogP contribution in [0.4, 0.5) is 11.4 Å². The SMILES string of the molecule is Cc1ccc(N2CCN(C(=O)C[C@H](C)S(=O)(=O)c3cc4c(cc3C)NC(=O)CO4)CC2)c(C)c1. The van der Waals surface area contributed by atoms with Crippen LogP contribution in [0.25, 0.3) is 0 Å². The first-order chi connectivity index (χ1) is 16.1. The van der Waals surface area contributed by atoms with Crippen molar-refractivity contribution in [2.75, 3.05) is 43.0 Å². The van der Waals surface area contributed by atoms with E-state index in [1.54, 1.807) is 24.8 Å². The first-order valence-corrected chi connectivity index (χ1v) is 13.0. The Morgan fingerprint density at radius 2 is 1.76 bits per heavy atom. The molecule has 2 amide bonds. The molecule has 2 aromatic carbocycles. The molecule has 2 aliphatic heterocycles. The molecule has 34 heavy (non-hydrogen) atoms. The average molecular weight is 486 g/mol. The van der Waals surface area contributed by atoms with Gasteiger partial charge in [0.1, 0.15) is 5.75 Å². The molecule has 0 bridgehead atoms. The molecule has 9 heteroatoms. The van der Waals surface area contributed by atoms with Gasteiger partial charge in [0.2, 0.25) is 5.91 Å². The Morgan fingerprint density at radius 3 is 2.44 bits per heavy atom. The third-order valence-corrected chi connectivity index (χ3v) is 8.81. The number of sulfone groups is 1. The van der Waals surface area contributed by atoms with Crippen LogP contribution in [0.15, 0.2) is 35.2 Å². The number of carbonyl (C=O) groups excluding carboxylic acids is 2. The maximum atomic E-state index is 13.3. The molecule has 1 N–H and O–H groups in total. The highest BCUT2D eigenvalue weighted by atomic mass is 32.2. The quantitative estimate of drug-likeness (QED) is 0.700. The molecule has 8 nitrogen and oxygen atoms in total. The number of ether oxygens (including phenoxy) is 1. The summed E-state index contributed by atoms with van der Waals surface area (Å²) in [4.78, 5) is 28.6. The lowest BCUT2D eigenvalue weighted by atomic mass is 10.1. The fraction of sp³-hybridized carbons (Fsp3) is 0.440. The lowest BCUT2D eigenvalue weighted by molar-refractivity contribution is -0.131. The van der Waals surface area contributed by atoms with Crippen molar-refractivity contribution >= 4 is 33.0 Å². The lowest BCUT2D eigenvalue weighted by Crippen LogP contribution is -2.49. The van der Waals surface area contributed by atoms with Crippen LogP contribution in [0.5, 0.6) is 5.75 Å². The zero-order valence-corrected chi connectivity index (χ0v) is 20.9. The van der Waals surface area contributed by atoms with Gasteiger partial charge in [-0.25, -0.2) is 8.42 Å². The summed E-state index contributed by atoms with van der Waals surface area (Å²) in [7, 11) is -3.76. The summed E-state index contributed by atoms with van der Waals surface area (Å²) >= 11 is 0. The van der Waals surface area contributed by atoms with Crippen molar-refractivity contribution in [2.45, 2.75) is 44.3 Å². The third-order valence-electron chi connectivity index (χ3n) is 6.53. The Labute approximate surface area is 200 Å². The Balaban J connectivity index is 1.41. The van der Waals surface area contributed by atoms with E-state index < -0.39 is 15.1 Å². The summed E-state index contributed by atoms with van der Waals surface area (Å²) in [6.07, 6.45) is -0.0833. The van der Waals surface area contributed by atoms with Gasteiger partial charge in [-0.2, -0.15) is 0 Å². The zero-order valence-electron chi connectivity index (χ0n) is 20.1. The van der Waals surface area contributed by atoms with Gasteiger partial charge < -0.3 is 19.9 Å². The number of nitrogens with one attached hydrogen (secondary N) is 1. The molecule has 4 rings (SSSR count). The second-order valence-corrected chi connectivity index (χ2v) is 11.5. The lowest BCUT2D eigenvalue weighted by Gasteiger charge is -2.37. The largest absolute Gasteiger partial charge is 0.482 e. The fourth-order valence-electron chi connectivity index (χ4n) is 4.58. The van der Waals surface area contributed by atoms with E-state index in [9.17, 15) is 18.0 Å². The Kier molecular flexibility index (Phi) is 6.58. The normalized spacial score (nSPS) is 17.0. The topological polar surface area (TPSA) is 96.0 Å². The van der Waals surface area contributed by atoms with Crippen LogP contribution in [0.2, 0.25) is 0 Å². The number of piperazine rings is 1. The molecule has 0 aliphatic carbocycles. The molecule has 0 saturated carbocycles. The summed E-state index contributed by atoms with van der Waals surface area (Å²) < 4.78 is 32.0. The second kappa shape index (κ2) is 9.29. The monoisotopic (exact) mass is 485 g/mol. The standard InChI is InChI=1S/C25H31N3O5S/c1-16-5-6-21(17(2)11-16)27-7-9-28(10-8-27)25(30)13-19(4)34(31,32)23-14-22-20(12-18(23)3)26-24(29)15-33-22/h5-6,11-12,14,19H,7-10,13,15H2,1-4H3,(H,26,29)/t19-/m0/s1. The van der Waals surface area contributed by atoms with Crippen LogP contribution in [-0.2, 0) is 19.4 Å². The number of anilines is 2. The van der Waals surface area contributed by atoms with Crippen molar-refractivity contribution < 1.29 is 22.7 Å². The van der Waals surface area contributed by atoms with E-state index >= 15 is 0 Å². The van der Waals surface area contributed by atoms with Gasteiger partial charge >= 0.3 is 0 Å². The van der Waals surface area contributed by atoms with E-state index in [4.69, 9.17) is 4.74 Å². The van der Waals surface area contributed by atoms with Crippen molar-refractivity contribution in [3.05, 3.63) is 47.0 Å². The van der Waals surface area contributed by atoms with E-state index in [0.29, 0.717) is 43.2 Å². The molecule has 1 atom stereocenters.